The number of benzene rings is 1. The molecular formula is C20H30N4O3S2. The molecule has 0 unspecified atom stereocenters. The Kier molecular flexibility index (Phi) is 8.48. The van der Waals surface area contributed by atoms with E-state index in [1.54, 1.807) is 13.1 Å². The first-order valence-corrected chi connectivity index (χ1v) is 11.8. The number of hydrogen-bond donors (Lipinski definition) is 3. The maximum Gasteiger partial charge on any atom is 0.247 e. The van der Waals surface area contributed by atoms with Gasteiger partial charge in [-0.3, -0.25) is 4.99 Å². The van der Waals surface area contributed by atoms with Gasteiger partial charge in [-0.05, 0) is 43.0 Å². The van der Waals surface area contributed by atoms with Crippen LogP contribution < -0.4 is 20.5 Å². The number of aliphatic imine (C=N–C) groups is 1. The Balaban J connectivity index is 1.94. The summed E-state index contributed by atoms with van der Waals surface area (Å²) < 4.78 is 28.9. The summed E-state index contributed by atoms with van der Waals surface area (Å²) in [5.74, 6) is 2.09. The molecule has 0 fully saturated rings. The topological polar surface area (TPSA) is 106 Å². The van der Waals surface area contributed by atoms with Crippen LogP contribution in [0.4, 0.5) is 0 Å². The minimum atomic E-state index is -3.66. The fraction of sp³-hybridized carbons (Fsp3) is 0.450. The molecule has 1 aromatic heterocycles. The van der Waals surface area contributed by atoms with Crippen molar-refractivity contribution in [1.82, 2.24) is 10.6 Å². The number of guanidine groups is 1. The van der Waals surface area contributed by atoms with E-state index >= 15 is 0 Å². The van der Waals surface area contributed by atoms with Gasteiger partial charge in [0.2, 0.25) is 10.0 Å². The zero-order valence-corrected chi connectivity index (χ0v) is 19.0. The molecule has 4 N–H and O–H groups in total. The predicted molar refractivity (Wildman–Crippen MR) is 119 cm³/mol. The van der Waals surface area contributed by atoms with Crippen LogP contribution in [0.2, 0.25) is 0 Å². The first-order chi connectivity index (χ1) is 13.7. The van der Waals surface area contributed by atoms with Crippen molar-refractivity contribution in [1.29, 1.82) is 0 Å². The highest BCUT2D eigenvalue weighted by molar-refractivity contribution is 7.91. The van der Waals surface area contributed by atoms with E-state index in [0.717, 1.165) is 39.5 Å². The van der Waals surface area contributed by atoms with E-state index in [-0.39, 0.29) is 4.21 Å². The SMILES string of the molecule is CN=C(NCc1ccc(S(N)(=O)=O)s1)NCc1ccc(C)cc1OCCC(C)C. The average Bonchev–Trinajstić information content (AvgIpc) is 3.12. The van der Waals surface area contributed by atoms with Gasteiger partial charge in [-0.25, -0.2) is 13.6 Å². The molecule has 0 aliphatic carbocycles. The van der Waals surface area contributed by atoms with Crippen LogP contribution in [0, 0.1) is 12.8 Å². The molecule has 0 saturated carbocycles. The van der Waals surface area contributed by atoms with Gasteiger partial charge in [0.15, 0.2) is 5.96 Å². The highest BCUT2D eigenvalue weighted by atomic mass is 32.2. The van der Waals surface area contributed by atoms with Gasteiger partial charge in [-0.1, -0.05) is 26.0 Å². The van der Waals surface area contributed by atoms with E-state index in [1.165, 1.54) is 6.07 Å². The lowest BCUT2D eigenvalue weighted by Crippen LogP contribution is -2.36. The highest BCUT2D eigenvalue weighted by Gasteiger charge is 2.12. The molecule has 160 valence electrons. The number of thiophene rings is 1. The van der Waals surface area contributed by atoms with E-state index < -0.39 is 10.0 Å². The second kappa shape index (κ2) is 10.6. The first-order valence-electron chi connectivity index (χ1n) is 9.47. The molecule has 0 saturated heterocycles. The fourth-order valence-electron chi connectivity index (χ4n) is 2.52. The van der Waals surface area contributed by atoms with Crippen molar-refractivity contribution in [2.45, 2.75) is 44.5 Å². The Bertz CT molecular complexity index is 937. The molecule has 1 heterocycles. The summed E-state index contributed by atoms with van der Waals surface area (Å²) in [4.78, 5) is 5.07. The Morgan fingerprint density at radius 2 is 1.93 bits per heavy atom. The maximum absolute atomic E-state index is 11.4. The Morgan fingerprint density at radius 1 is 1.21 bits per heavy atom. The normalized spacial score (nSPS) is 12.3. The smallest absolute Gasteiger partial charge is 0.247 e. The van der Waals surface area contributed by atoms with E-state index in [0.29, 0.717) is 31.6 Å². The second-order valence-electron chi connectivity index (χ2n) is 7.19. The van der Waals surface area contributed by atoms with Crippen molar-refractivity contribution >= 4 is 27.3 Å². The number of hydrogen-bond acceptors (Lipinski definition) is 5. The van der Waals surface area contributed by atoms with Gasteiger partial charge in [0.25, 0.3) is 0 Å². The molecule has 29 heavy (non-hydrogen) atoms. The minimum absolute atomic E-state index is 0.153. The number of nitrogens with zero attached hydrogens (tertiary/aromatic N) is 1. The monoisotopic (exact) mass is 438 g/mol. The van der Waals surface area contributed by atoms with Crippen LogP contribution in [-0.4, -0.2) is 28.0 Å². The fourth-order valence-corrected chi connectivity index (χ4v) is 4.24. The molecule has 0 amide bonds. The van der Waals surface area contributed by atoms with Crippen LogP contribution in [0.15, 0.2) is 39.5 Å². The van der Waals surface area contributed by atoms with E-state index in [9.17, 15) is 8.42 Å². The summed E-state index contributed by atoms with van der Waals surface area (Å²) in [6.45, 7) is 8.10. The van der Waals surface area contributed by atoms with Gasteiger partial charge in [-0.2, -0.15) is 0 Å². The minimum Gasteiger partial charge on any atom is -0.493 e. The van der Waals surface area contributed by atoms with Crippen molar-refractivity contribution < 1.29 is 13.2 Å². The standard InChI is InChI=1S/C20H30N4O3S2/c1-14(2)9-10-27-18-11-15(3)5-6-16(18)12-23-20(22-4)24-13-17-7-8-19(28-17)29(21,25)26/h5-8,11,14H,9-10,12-13H2,1-4H3,(H2,21,25,26)(H2,22,23,24). The van der Waals surface area contributed by atoms with E-state index in [1.807, 2.05) is 13.0 Å². The molecule has 0 spiro atoms. The second-order valence-corrected chi connectivity index (χ2v) is 10.1. The maximum atomic E-state index is 11.4. The van der Waals surface area contributed by atoms with Crippen LogP contribution in [0.5, 0.6) is 5.75 Å². The van der Waals surface area contributed by atoms with Crippen LogP contribution >= 0.6 is 11.3 Å². The van der Waals surface area contributed by atoms with Gasteiger partial charge >= 0.3 is 0 Å². The third-order valence-electron chi connectivity index (χ3n) is 4.19. The number of aryl methyl sites for hydroxylation is 1. The summed E-state index contributed by atoms with van der Waals surface area (Å²) in [6, 6.07) is 9.42. The molecule has 0 aliphatic rings. The quantitative estimate of drug-likeness (QED) is 0.412. The Labute approximate surface area is 177 Å². The summed E-state index contributed by atoms with van der Waals surface area (Å²) in [7, 11) is -1.97. The largest absolute Gasteiger partial charge is 0.493 e. The Hall–Kier alpha value is -2.10. The number of primary sulfonamides is 1. The van der Waals surface area contributed by atoms with Crippen LogP contribution in [0.25, 0.3) is 0 Å². The van der Waals surface area contributed by atoms with Gasteiger partial charge in [-0.15, -0.1) is 11.3 Å². The van der Waals surface area contributed by atoms with Crippen molar-refractivity contribution in [3.63, 3.8) is 0 Å². The lowest BCUT2D eigenvalue weighted by Gasteiger charge is -2.16. The van der Waals surface area contributed by atoms with Crippen LogP contribution in [0.3, 0.4) is 0 Å². The third-order valence-corrected chi connectivity index (χ3v) is 6.72. The number of nitrogens with one attached hydrogen (secondary N) is 2. The summed E-state index contributed by atoms with van der Waals surface area (Å²) in [6.07, 6.45) is 1.01. The van der Waals surface area contributed by atoms with Gasteiger partial charge in [0.05, 0.1) is 13.2 Å². The molecule has 7 nitrogen and oxygen atoms in total. The molecular weight excluding hydrogens is 408 g/mol. The number of rotatable bonds is 9. The Morgan fingerprint density at radius 3 is 2.55 bits per heavy atom. The molecule has 0 aliphatic heterocycles. The molecule has 2 rings (SSSR count). The lowest BCUT2D eigenvalue weighted by atomic mass is 10.1. The van der Waals surface area contributed by atoms with Gasteiger partial charge in [0, 0.05) is 24.0 Å². The predicted octanol–water partition coefficient (Wildman–Crippen LogP) is 2.99. The van der Waals surface area contributed by atoms with Crippen molar-refractivity contribution in [2.75, 3.05) is 13.7 Å². The summed E-state index contributed by atoms with van der Waals surface area (Å²) in [5.41, 5.74) is 2.20. The van der Waals surface area contributed by atoms with Crippen LogP contribution in [0.1, 0.15) is 36.3 Å². The number of ether oxygens (including phenoxy) is 1. The number of sulfonamides is 1. The van der Waals surface area contributed by atoms with E-state index in [4.69, 9.17) is 9.88 Å². The van der Waals surface area contributed by atoms with Crippen molar-refractivity contribution in [3.05, 3.63) is 46.3 Å². The van der Waals surface area contributed by atoms with E-state index in [2.05, 4.69) is 41.6 Å². The summed E-state index contributed by atoms with van der Waals surface area (Å²) in [5, 5.41) is 11.6. The zero-order valence-electron chi connectivity index (χ0n) is 17.4. The molecule has 1 aromatic carbocycles. The zero-order chi connectivity index (χ0) is 21.4. The molecule has 9 heteroatoms. The first kappa shape index (κ1) is 23.2. The average molecular weight is 439 g/mol. The molecule has 0 atom stereocenters. The van der Waals surface area contributed by atoms with Crippen LogP contribution in [-0.2, 0) is 23.1 Å². The molecule has 0 radical (unpaired) electrons. The van der Waals surface area contributed by atoms with Gasteiger partial charge < -0.3 is 15.4 Å². The van der Waals surface area contributed by atoms with Crippen molar-refractivity contribution in [3.8, 4) is 5.75 Å². The highest BCUT2D eigenvalue weighted by Crippen LogP contribution is 2.21. The third kappa shape index (κ3) is 7.68. The summed E-state index contributed by atoms with van der Waals surface area (Å²) >= 11 is 1.14. The van der Waals surface area contributed by atoms with Gasteiger partial charge in [0.1, 0.15) is 9.96 Å². The molecule has 0 bridgehead atoms. The molecule has 2 aromatic rings. The number of nitrogens with two attached hydrogens (primary N) is 1. The van der Waals surface area contributed by atoms with Crippen molar-refractivity contribution in [2.24, 2.45) is 16.0 Å². The lowest BCUT2D eigenvalue weighted by molar-refractivity contribution is 0.286.